The Morgan fingerprint density at radius 1 is 0.932 bits per heavy atom. The molecule has 3 fully saturated rings. The number of pyridine rings is 1. The van der Waals surface area contributed by atoms with Crippen LogP contribution >= 0.6 is 15.4 Å². The van der Waals surface area contributed by atoms with Crippen molar-refractivity contribution in [1.82, 2.24) is 34.1 Å². The van der Waals surface area contributed by atoms with Crippen molar-refractivity contribution in [3.05, 3.63) is 31.2 Å². The van der Waals surface area contributed by atoms with Crippen LogP contribution in [0.5, 0.6) is 0 Å². The summed E-state index contributed by atoms with van der Waals surface area (Å²) in [7, 11) is -9.85. The number of anilines is 2. The van der Waals surface area contributed by atoms with E-state index in [4.69, 9.17) is 39.2 Å². The number of nitrogens with zero attached hydrogens (tertiary/aromatic N) is 7. The number of aliphatic hydroxyl groups excluding tert-OH is 1. The number of alkyl halides is 1. The van der Waals surface area contributed by atoms with Gasteiger partial charge in [0.1, 0.15) is 35.7 Å². The highest BCUT2D eigenvalue weighted by Crippen LogP contribution is 2.53. The highest BCUT2D eigenvalue weighted by molar-refractivity contribution is 7.52. The fourth-order valence-electron chi connectivity index (χ4n) is 5.21. The molecule has 0 bridgehead atoms. The number of halogens is 1. The molecule has 3 aliphatic rings. The van der Waals surface area contributed by atoms with Crippen LogP contribution in [0.25, 0.3) is 22.3 Å². The molecule has 4 aromatic rings. The molecule has 7 rings (SSSR count). The number of nitrogens with two attached hydrogens (primary N) is 2. The zero-order valence-corrected chi connectivity index (χ0v) is 23.9. The summed E-state index contributed by atoms with van der Waals surface area (Å²) in [6.07, 6.45) is -9.68. The van der Waals surface area contributed by atoms with Gasteiger partial charge in [-0.15, -0.1) is 0 Å². The summed E-state index contributed by atoms with van der Waals surface area (Å²) in [5.74, 6) is 0.0367. The Morgan fingerprint density at radius 2 is 1.66 bits per heavy atom. The van der Waals surface area contributed by atoms with Crippen LogP contribution in [-0.4, -0.2) is 98.8 Å². The SMILES string of the molecule is Nc1ncnc2c1ncn2[C@@H]1O[C@@H]2OCP(=O)(O)OC3[C@@H](COP(=O)(O)OC2[C@@H]1O)O[C@@H](n1cnc2c(N)ccnc21)[C@H]3F. The Labute approximate surface area is 244 Å². The van der Waals surface area contributed by atoms with E-state index in [2.05, 4.69) is 24.9 Å². The Balaban J connectivity index is 1.17. The summed E-state index contributed by atoms with van der Waals surface area (Å²) in [4.78, 5) is 41.4. The van der Waals surface area contributed by atoms with Gasteiger partial charge in [-0.1, -0.05) is 0 Å². The number of aliphatic hydroxyl groups is 1. The van der Waals surface area contributed by atoms with Crippen molar-refractivity contribution in [2.75, 3.05) is 24.4 Å². The monoisotopic (exact) mass is 659 g/mol. The number of hydrogen-bond acceptors (Lipinski definition) is 16. The number of nitrogen functional groups attached to an aromatic ring is 2. The Bertz CT molecular complexity index is 1700. The first kappa shape index (κ1) is 29.5. The smallest absolute Gasteiger partial charge is 0.397 e. The second-order valence-corrected chi connectivity index (χ2v) is 13.2. The second-order valence-electron chi connectivity index (χ2n) is 10.0. The molecule has 4 unspecified atom stereocenters. The van der Waals surface area contributed by atoms with E-state index < -0.39 is 77.7 Å². The molecule has 10 atom stereocenters. The lowest BCUT2D eigenvalue weighted by atomic mass is 10.1. The van der Waals surface area contributed by atoms with Crippen LogP contribution in [0.2, 0.25) is 0 Å². The van der Waals surface area contributed by atoms with Crippen molar-refractivity contribution in [2.45, 2.75) is 49.3 Å². The van der Waals surface area contributed by atoms with Gasteiger partial charge in [-0.2, -0.15) is 0 Å². The van der Waals surface area contributed by atoms with Crippen LogP contribution in [0, 0.1) is 0 Å². The van der Waals surface area contributed by atoms with E-state index in [9.17, 15) is 24.0 Å². The lowest BCUT2D eigenvalue weighted by molar-refractivity contribution is -0.168. The van der Waals surface area contributed by atoms with Crippen LogP contribution in [-0.2, 0) is 36.9 Å². The first-order valence-electron chi connectivity index (χ1n) is 12.8. The second kappa shape index (κ2) is 10.7. The summed E-state index contributed by atoms with van der Waals surface area (Å²) in [6, 6.07) is 1.49. The summed E-state index contributed by atoms with van der Waals surface area (Å²) in [5, 5.41) is 11.1. The highest BCUT2D eigenvalue weighted by atomic mass is 31.2. The van der Waals surface area contributed by atoms with Gasteiger partial charge in [0.15, 0.2) is 54.5 Å². The van der Waals surface area contributed by atoms with Gasteiger partial charge in [-0.3, -0.25) is 27.3 Å². The van der Waals surface area contributed by atoms with E-state index in [1.807, 2.05) is 0 Å². The minimum absolute atomic E-state index is 0.0367. The molecule has 3 saturated heterocycles. The third-order valence-electron chi connectivity index (χ3n) is 7.21. The minimum Gasteiger partial charge on any atom is -0.397 e. The van der Waals surface area contributed by atoms with Gasteiger partial charge < -0.3 is 40.6 Å². The molecule has 7 N–H and O–H groups in total. The van der Waals surface area contributed by atoms with Crippen molar-refractivity contribution in [2.24, 2.45) is 0 Å². The number of ether oxygens (including phenoxy) is 3. The van der Waals surface area contributed by atoms with Crippen LogP contribution in [0.4, 0.5) is 15.9 Å². The maximum Gasteiger partial charge on any atom is 0.472 e. The Kier molecular flexibility index (Phi) is 7.18. The first-order valence-corrected chi connectivity index (χ1v) is 16.1. The number of fused-ring (bicyclic) bond motifs is 4. The lowest BCUT2D eigenvalue weighted by Gasteiger charge is -2.27. The largest absolute Gasteiger partial charge is 0.472 e. The molecule has 4 aromatic heterocycles. The zero-order chi connectivity index (χ0) is 31.0. The first-order chi connectivity index (χ1) is 20.9. The van der Waals surface area contributed by atoms with Gasteiger partial charge in [-0.25, -0.2) is 33.9 Å². The summed E-state index contributed by atoms with van der Waals surface area (Å²) < 4.78 is 76.9. The molecular formula is C21H24FN9O11P2. The topological polar surface area (TPSA) is 277 Å². The zero-order valence-electron chi connectivity index (χ0n) is 22.1. The van der Waals surface area contributed by atoms with E-state index in [1.54, 1.807) is 0 Å². The van der Waals surface area contributed by atoms with E-state index in [1.165, 1.54) is 34.1 Å². The molecule has 0 aliphatic carbocycles. The van der Waals surface area contributed by atoms with E-state index in [-0.39, 0.29) is 33.8 Å². The van der Waals surface area contributed by atoms with Gasteiger partial charge in [0.2, 0.25) is 0 Å². The van der Waals surface area contributed by atoms with Gasteiger partial charge in [0.25, 0.3) is 0 Å². The number of rotatable bonds is 2. The highest BCUT2D eigenvalue weighted by Gasteiger charge is 2.54. The van der Waals surface area contributed by atoms with Crippen molar-refractivity contribution in [1.29, 1.82) is 0 Å². The lowest BCUT2D eigenvalue weighted by Crippen LogP contribution is -2.38. The molecular weight excluding hydrogens is 635 g/mol. The number of hydrogen-bond donors (Lipinski definition) is 5. The van der Waals surface area contributed by atoms with Crippen molar-refractivity contribution < 1.29 is 56.2 Å². The third kappa shape index (κ3) is 5.05. The van der Waals surface area contributed by atoms with Gasteiger partial charge in [-0.05, 0) is 6.07 Å². The molecule has 0 saturated carbocycles. The fraction of sp³-hybridized carbons (Fsp3) is 0.476. The standard InChI is InChI=1S/C21H24FN9O11P2/c22-10-14-9(39-19(10)30-5-28-11-8(23)1-2-25-17(11)30)3-38-44(35,36)42-15-13(32)20(40-21(15)37-7-43(33,34)41-14)31-6-29-12-16(24)26-4-27-18(12)31/h1-2,4-6,9-10,13-15,19-21,32H,3,7H2,(H2,23,25)(H,33,34)(H,35,36)(H2,24,26,27)/t9-,10+,13+,14?,15?,19-,20-,21+/m1/s1. The van der Waals surface area contributed by atoms with E-state index in [0.717, 1.165) is 6.33 Å². The summed E-state index contributed by atoms with van der Waals surface area (Å²) in [5.41, 5.74) is 12.7. The summed E-state index contributed by atoms with van der Waals surface area (Å²) >= 11 is 0. The van der Waals surface area contributed by atoms with Gasteiger partial charge >= 0.3 is 15.4 Å². The van der Waals surface area contributed by atoms with Crippen LogP contribution in [0.1, 0.15) is 12.5 Å². The molecule has 7 heterocycles. The molecule has 0 amide bonds. The Morgan fingerprint density at radius 3 is 2.45 bits per heavy atom. The van der Waals surface area contributed by atoms with Crippen LogP contribution < -0.4 is 11.5 Å². The number of aromatic nitrogens is 7. The van der Waals surface area contributed by atoms with Gasteiger partial charge in [0, 0.05) is 6.20 Å². The molecule has 44 heavy (non-hydrogen) atoms. The average Bonchev–Trinajstić information content (AvgIpc) is 3.73. The molecule has 3 aliphatic heterocycles. The molecule has 0 spiro atoms. The quantitative estimate of drug-likeness (QED) is 0.176. The third-order valence-corrected chi connectivity index (χ3v) is 9.24. The minimum atomic E-state index is -5.06. The Hall–Kier alpha value is -3.20. The van der Waals surface area contributed by atoms with Gasteiger partial charge in [0.05, 0.1) is 24.9 Å². The number of phosphoric acid groups is 1. The van der Waals surface area contributed by atoms with Crippen LogP contribution in [0.3, 0.4) is 0 Å². The van der Waals surface area contributed by atoms with Crippen LogP contribution in [0.15, 0.2) is 31.2 Å². The number of imidazole rings is 2. The molecule has 23 heteroatoms. The fourth-order valence-corrected chi connectivity index (χ4v) is 7.17. The molecule has 236 valence electrons. The summed E-state index contributed by atoms with van der Waals surface area (Å²) in [6.45, 7) is -0.835. The predicted molar refractivity (Wildman–Crippen MR) is 142 cm³/mol. The number of phosphoric ester groups is 1. The average molecular weight is 659 g/mol. The molecule has 20 nitrogen and oxygen atoms in total. The van der Waals surface area contributed by atoms with Crippen molar-refractivity contribution >= 4 is 49.3 Å². The van der Waals surface area contributed by atoms with E-state index in [0.29, 0.717) is 0 Å². The van der Waals surface area contributed by atoms with Crippen molar-refractivity contribution in [3.63, 3.8) is 0 Å². The maximum absolute atomic E-state index is 15.9. The van der Waals surface area contributed by atoms with Crippen molar-refractivity contribution in [3.8, 4) is 0 Å². The molecule has 0 radical (unpaired) electrons. The normalized spacial score (nSPS) is 38.3. The maximum atomic E-state index is 15.9. The predicted octanol–water partition coefficient (Wildman–Crippen LogP) is -0.0526. The van der Waals surface area contributed by atoms with E-state index >= 15 is 4.39 Å². The molecule has 0 aromatic carbocycles.